The highest BCUT2D eigenvalue weighted by atomic mass is 16.5. The first kappa shape index (κ1) is 14.0. The number of hydrogen-bond donors (Lipinski definition) is 2. The van der Waals surface area contributed by atoms with Crippen molar-refractivity contribution in [1.29, 1.82) is 0 Å². The molecule has 2 rings (SSSR count). The summed E-state index contributed by atoms with van der Waals surface area (Å²) in [6, 6.07) is 0. The lowest BCUT2D eigenvalue weighted by atomic mass is 10.0. The van der Waals surface area contributed by atoms with Crippen molar-refractivity contribution in [3.63, 3.8) is 0 Å². The van der Waals surface area contributed by atoms with Crippen molar-refractivity contribution < 1.29 is 9.47 Å². The molecule has 1 aromatic heterocycles. The first-order chi connectivity index (χ1) is 8.99. The maximum Gasteiger partial charge on any atom is 0.222 e. The third kappa shape index (κ3) is 3.33. The smallest absolute Gasteiger partial charge is 0.222 e. The van der Waals surface area contributed by atoms with Crippen LogP contribution >= 0.6 is 0 Å². The van der Waals surface area contributed by atoms with Crippen molar-refractivity contribution in [2.75, 3.05) is 5.43 Å². The van der Waals surface area contributed by atoms with E-state index in [0.717, 1.165) is 18.4 Å². The van der Waals surface area contributed by atoms with Gasteiger partial charge < -0.3 is 14.9 Å². The topological polar surface area (TPSA) is 82.3 Å². The number of nitrogens with zero attached hydrogens (tertiary/aromatic N) is 2. The maximum absolute atomic E-state index is 6.02. The van der Waals surface area contributed by atoms with Gasteiger partial charge in [-0.1, -0.05) is 0 Å². The standard InChI is InChI=1S/C13H22N4O2/c1-7-5-11(6-8(2)18-7)19-13-9(3)12(17-14)15-10(4)16-13/h7-8,11H,5-6,14H2,1-4H3,(H,15,16,17). The van der Waals surface area contributed by atoms with Crippen LogP contribution in [0, 0.1) is 13.8 Å². The Morgan fingerprint density at radius 3 is 2.42 bits per heavy atom. The fourth-order valence-corrected chi connectivity index (χ4v) is 2.46. The lowest BCUT2D eigenvalue weighted by molar-refractivity contribution is -0.0731. The number of nitrogen functional groups attached to an aromatic ring is 1. The van der Waals surface area contributed by atoms with E-state index in [1.165, 1.54) is 0 Å². The highest BCUT2D eigenvalue weighted by Crippen LogP contribution is 2.27. The molecule has 0 aliphatic carbocycles. The van der Waals surface area contributed by atoms with E-state index in [0.29, 0.717) is 17.5 Å². The van der Waals surface area contributed by atoms with Crippen molar-refractivity contribution in [3.05, 3.63) is 11.4 Å². The van der Waals surface area contributed by atoms with Crippen molar-refractivity contribution in [3.8, 4) is 5.88 Å². The molecule has 2 unspecified atom stereocenters. The predicted molar refractivity (Wildman–Crippen MR) is 73.0 cm³/mol. The number of hydrogen-bond acceptors (Lipinski definition) is 6. The van der Waals surface area contributed by atoms with E-state index in [2.05, 4.69) is 29.2 Å². The van der Waals surface area contributed by atoms with E-state index < -0.39 is 0 Å². The molecule has 106 valence electrons. The second kappa shape index (κ2) is 5.71. The molecule has 1 aliphatic heterocycles. The Morgan fingerprint density at radius 2 is 1.84 bits per heavy atom. The highest BCUT2D eigenvalue weighted by Gasteiger charge is 2.27. The third-order valence-electron chi connectivity index (χ3n) is 3.28. The molecule has 0 bridgehead atoms. The van der Waals surface area contributed by atoms with Crippen LogP contribution < -0.4 is 16.0 Å². The molecule has 3 N–H and O–H groups in total. The average Bonchev–Trinajstić information content (AvgIpc) is 2.32. The summed E-state index contributed by atoms with van der Waals surface area (Å²) in [7, 11) is 0. The first-order valence-electron chi connectivity index (χ1n) is 6.63. The largest absolute Gasteiger partial charge is 0.474 e. The van der Waals surface area contributed by atoms with E-state index in [-0.39, 0.29) is 18.3 Å². The van der Waals surface area contributed by atoms with Gasteiger partial charge in [0.1, 0.15) is 17.7 Å². The van der Waals surface area contributed by atoms with E-state index in [4.69, 9.17) is 15.3 Å². The van der Waals surface area contributed by atoms with Gasteiger partial charge in [0.2, 0.25) is 5.88 Å². The van der Waals surface area contributed by atoms with Gasteiger partial charge in [0.25, 0.3) is 0 Å². The minimum atomic E-state index is 0.123. The fraction of sp³-hybridized carbons (Fsp3) is 0.692. The second-order valence-corrected chi connectivity index (χ2v) is 5.16. The van der Waals surface area contributed by atoms with E-state index in [9.17, 15) is 0 Å². The molecule has 1 fully saturated rings. The molecule has 2 heterocycles. The zero-order valence-corrected chi connectivity index (χ0v) is 11.9. The highest BCUT2D eigenvalue weighted by molar-refractivity contribution is 5.47. The van der Waals surface area contributed by atoms with Gasteiger partial charge in [0, 0.05) is 12.8 Å². The minimum absolute atomic E-state index is 0.123. The van der Waals surface area contributed by atoms with Gasteiger partial charge in [0.05, 0.1) is 17.8 Å². The Hall–Kier alpha value is -1.40. The molecule has 6 heteroatoms. The molecular formula is C13H22N4O2. The molecule has 0 amide bonds. The second-order valence-electron chi connectivity index (χ2n) is 5.16. The predicted octanol–water partition coefficient (Wildman–Crippen LogP) is 1.71. The molecular weight excluding hydrogens is 244 g/mol. The van der Waals surface area contributed by atoms with Crippen LogP contribution in [0.25, 0.3) is 0 Å². The van der Waals surface area contributed by atoms with Crippen LogP contribution in [-0.2, 0) is 4.74 Å². The van der Waals surface area contributed by atoms with Gasteiger partial charge in [0.15, 0.2) is 0 Å². The van der Waals surface area contributed by atoms with Crippen LogP contribution in [0.5, 0.6) is 5.88 Å². The van der Waals surface area contributed by atoms with Gasteiger partial charge >= 0.3 is 0 Å². The monoisotopic (exact) mass is 266 g/mol. The molecule has 2 atom stereocenters. The Morgan fingerprint density at radius 1 is 1.21 bits per heavy atom. The summed E-state index contributed by atoms with van der Waals surface area (Å²) < 4.78 is 11.7. The van der Waals surface area contributed by atoms with Crippen molar-refractivity contribution in [1.82, 2.24) is 9.97 Å². The third-order valence-corrected chi connectivity index (χ3v) is 3.28. The van der Waals surface area contributed by atoms with Crippen molar-refractivity contribution in [2.24, 2.45) is 5.84 Å². The molecule has 6 nitrogen and oxygen atoms in total. The van der Waals surface area contributed by atoms with E-state index in [1.807, 2.05) is 13.8 Å². The normalized spacial score (nSPS) is 27.1. The lowest BCUT2D eigenvalue weighted by Gasteiger charge is -2.32. The van der Waals surface area contributed by atoms with Crippen LogP contribution in [0.15, 0.2) is 0 Å². The van der Waals surface area contributed by atoms with Crippen LogP contribution in [0.2, 0.25) is 0 Å². The number of aromatic nitrogens is 2. The Balaban J connectivity index is 2.16. The quantitative estimate of drug-likeness (QED) is 0.640. The van der Waals surface area contributed by atoms with Gasteiger partial charge in [-0.3, -0.25) is 0 Å². The number of nitrogens with two attached hydrogens (primary N) is 1. The lowest BCUT2D eigenvalue weighted by Crippen LogP contribution is -2.36. The van der Waals surface area contributed by atoms with E-state index >= 15 is 0 Å². The molecule has 1 aromatic rings. The summed E-state index contributed by atoms with van der Waals surface area (Å²) in [5, 5.41) is 0. The number of hydrazine groups is 1. The summed E-state index contributed by atoms with van der Waals surface area (Å²) in [4.78, 5) is 8.58. The van der Waals surface area contributed by atoms with Gasteiger partial charge in [-0.05, 0) is 27.7 Å². The first-order valence-corrected chi connectivity index (χ1v) is 6.63. The summed E-state index contributed by atoms with van der Waals surface area (Å²) >= 11 is 0. The molecule has 1 saturated heterocycles. The summed E-state index contributed by atoms with van der Waals surface area (Å²) in [6.45, 7) is 7.85. The Kier molecular flexibility index (Phi) is 4.21. The van der Waals surface area contributed by atoms with E-state index in [1.54, 1.807) is 0 Å². The molecule has 19 heavy (non-hydrogen) atoms. The molecule has 0 saturated carbocycles. The number of nitrogens with one attached hydrogen (secondary N) is 1. The molecule has 0 radical (unpaired) electrons. The number of anilines is 1. The number of ether oxygens (including phenoxy) is 2. The summed E-state index contributed by atoms with van der Waals surface area (Å²) in [5.41, 5.74) is 3.41. The maximum atomic E-state index is 6.02. The zero-order valence-electron chi connectivity index (χ0n) is 11.9. The Bertz CT molecular complexity index is 443. The molecule has 0 spiro atoms. The number of rotatable bonds is 3. The molecule has 1 aliphatic rings. The van der Waals surface area contributed by atoms with Crippen LogP contribution in [0.1, 0.15) is 38.1 Å². The van der Waals surface area contributed by atoms with Gasteiger partial charge in [-0.15, -0.1) is 0 Å². The Labute approximate surface area is 113 Å². The van der Waals surface area contributed by atoms with Crippen LogP contribution in [0.3, 0.4) is 0 Å². The van der Waals surface area contributed by atoms with Crippen molar-refractivity contribution >= 4 is 5.82 Å². The van der Waals surface area contributed by atoms with Crippen LogP contribution in [-0.4, -0.2) is 28.3 Å². The SMILES string of the molecule is Cc1nc(NN)c(C)c(OC2CC(C)OC(C)C2)n1. The van der Waals surface area contributed by atoms with Crippen molar-refractivity contribution in [2.45, 2.75) is 58.8 Å². The summed E-state index contributed by atoms with van der Waals surface area (Å²) in [5.74, 6) is 7.30. The van der Waals surface area contributed by atoms with Gasteiger partial charge in [-0.25, -0.2) is 10.8 Å². The minimum Gasteiger partial charge on any atom is -0.474 e. The average molecular weight is 266 g/mol. The van der Waals surface area contributed by atoms with Crippen LogP contribution in [0.4, 0.5) is 5.82 Å². The fourth-order valence-electron chi connectivity index (χ4n) is 2.46. The van der Waals surface area contributed by atoms with Gasteiger partial charge in [-0.2, -0.15) is 4.98 Å². The summed E-state index contributed by atoms with van der Waals surface area (Å²) in [6.07, 6.45) is 2.29. The number of aryl methyl sites for hydroxylation is 1. The molecule has 0 aromatic carbocycles. The zero-order chi connectivity index (χ0) is 14.0.